The van der Waals surface area contributed by atoms with Gasteiger partial charge in [0.2, 0.25) is 0 Å². The fraction of sp³-hybridized carbons (Fsp3) is 1.00. The van der Waals surface area contributed by atoms with Crippen molar-refractivity contribution in [1.82, 2.24) is 0 Å². The molecule has 0 aliphatic carbocycles. The highest BCUT2D eigenvalue weighted by Gasteiger charge is 2.30. The largest absolute Gasteiger partial charge is 0.378 e. The first-order chi connectivity index (χ1) is 4.83. The molecule has 1 atom stereocenters. The molecule has 1 aliphatic rings. The van der Waals surface area contributed by atoms with Crippen molar-refractivity contribution in [2.75, 3.05) is 26.9 Å². The molecular weight excluding hydrogens is 130 g/mol. The van der Waals surface area contributed by atoms with Crippen LogP contribution in [-0.2, 0) is 9.47 Å². The standard InChI is InChI=1S/C7H15NO2/c1-9-7(5-8)3-2-4-10-6-7/h2-6,8H2,1H3. The van der Waals surface area contributed by atoms with E-state index in [0.717, 1.165) is 19.4 Å². The van der Waals surface area contributed by atoms with Crippen molar-refractivity contribution in [3.05, 3.63) is 0 Å². The Hall–Kier alpha value is -0.120. The Morgan fingerprint density at radius 1 is 1.70 bits per heavy atom. The lowest BCUT2D eigenvalue weighted by Crippen LogP contribution is -2.46. The van der Waals surface area contributed by atoms with Crippen LogP contribution in [0.5, 0.6) is 0 Å². The molecule has 0 amide bonds. The van der Waals surface area contributed by atoms with E-state index in [2.05, 4.69) is 0 Å². The molecule has 0 aromatic heterocycles. The third-order valence-corrected chi connectivity index (χ3v) is 2.09. The van der Waals surface area contributed by atoms with Crippen LogP contribution in [0.2, 0.25) is 0 Å². The topological polar surface area (TPSA) is 44.5 Å². The molecule has 1 saturated heterocycles. The van der Waals surface area contributed by atoms with Crippen molar-refractivity contribution < 1.29 is 9.47 Å². The van der Waals surface area contributed by atoms with E-state index in [1.54, 1.807) is 7.11 Å². The van der Waals surface area contributed by atoms with Gasteiger partial charge in [-0.2, -0.15) is 0 Å². The SMILES string of the molecule is COC1(CN)CCCOC1. The van der Waals surface area contributed by atoms with Gasteiger partial charge in [0.15, 0.2) is 0 Å². The van der Waals surface area contributed by atoms with Crippen LogP contribution >= 0.6 is 0 Å². The molecule has 0 aromatic rings. The Bertz CT molecular complexity index is 93.8. The number of nitrogens with two attached hydrogens (primary N) is 1. The normalized spacial score (nSPS) is 34.2. The van der Waals surface area contributed by atoms with E-state index in [4.69, 9.17) is 15.2 Å². The summed E-state index contributed by atoms with van der Waals surface area (Å²) in [6.07, 6.45) is 2.09. The minimum absolute atomic E-state index is 0.182. The van der Waals surface area contributed by atoms with Crippen LogP contribution in [-0.4, -0.2) is 32.5 Å². The summed E-state index contributed by atoms with van der Waals surface area (Å²) in [5, 5.41) is 0. The lowest BCUT2D eigenvalue weighted by atomic mass is 9.97. The first kappa shape index (κ1) is 7.98. The molecule has 2 N–H and O–H groups in total. The summed E-state index contributed by atoms with van der Waals surface area (Å²) in [6.45, 7) is 2.06. The molecule has 60 valence electrons. The number of rotatable bonds is 2. The van der Waals surface area contributed by atoms with E-state index in [9.17, 15) is 0 Å². The van der Waals surface area contributed by atoms with Gasteiger partial charge in [0.05, 0.1) is 6.61 Å². The second-order valence-corrected chi connectivity index (χ2v) is 2.75. The van der Waals surface area contributed by atoms with Gasteiger partial charge in [0.1, 0.15) is 5.60 Å². The van der Waals surface area contributed by atoms with Gasteiger partial charge in [0, 0.05) is 20.3 Å². The van der Waals surface area contributed by atoms with Crippen molar-refractivity contribution in [2.24, 2.45) is 5.73 Å². The van der Waals surface area contributed by atoms with E-state index >= 15 is 0 Å². The van der Waals surface area contributed by atoms with Crippen molar-refractivity contribution in [1.29, 1.82) is 0 Å². The summed E-state index contributed by atoms with van der Waals surface area (Å²) in [4.78, 5) is 0. The smallest absolute Gasteiger partial charge is 0.103 e. The first-order valence-corrected chi connectivity index (χ1v) is 3.66. The zero-order chi connectivity index (χ0) is 7.45. The quantitative estimate of drug-likeness (QED) is 0.601. The summed E-state index contributed by atoms with van der Waals surface area (Å²) in [5.74, 6) is 0. The summed E-state index contributed by atoms with van der Waals surface area (Å²) in [6, 6.07) is 0. The molecule has 0 spiro atoms. The van der Waals surface area contributed by atoms with E-state index in [-0.39, 0.29) is 5.60 Å². The minimum atomic E-state index is -0.182. The maximum absolute atomic E-state index is 5.54. The summed E-state index contributed by atoms with van der Waals surface area (Å²) < 4.78 is 10.5. The summed E-state index contributed by atoms with van der Waals surface area (Å²) in [7, 11) is 1.70. The monoisotopic (exact) mass is 145 g/mol. The van der Waals surface area contributed by atoms with Crippen molar-refractivity contribution >= 4 is 0 Å². The Morgan fingerprint density at radius 2 is 2.50 bits per heavy atom. The van der Waals surface area contributed by atoms with Crippen molar-refractivity contribution in [3.63, 3.8) is 0 Å². The third-order valence-electron chi connectivity index (χ3n) is 2.09. The molecule has 1 aliphatic heterocycles. The predicted molar refractivity (Wildman–Crippen MR) is 38.8 cm³/mol. The van der Waals surface area contributed by atoms with E-state index in [1.807, 2.05) is 0 Å². The third kappa shape index (κ3) is 1.48. The lowest BCUT2D eigenvalue weighted by molar-refractivity contribution is -0.103. The summed E-state index contributed by atoms with van der Waals surface area (Å²) >= 11 is 0. The molecule has 1 unspecified atom stereocenters. The van der Waals surface area contributed by atoms with E-state index in [0.29, 0.717) is 13.2 Å². The number of ether oxygens (including phenoxy) is 2. The van der Waals surface area contributed by atoms with Crippen LogP contribution in [0.4, 0.5) is 0 Å². The van der Waals surface area contributed by atoms with E-state index < -0.39 is 0 Å². The van der Waals surface area contributed by atoms with Crippen molar-refractivity contribution in [3.8, 4) is 0 Å². The van der Waals surface area contributed by atoms with Gasteiger partial charge in [-0.25, -0.2) is 0 Å². The molecule has 1 heterocycles. The van der Waals surface area contributed by atoms with Gasteiger partial charge < -0.3 is 15.2 Å². The Morgan fingerprint density at radius 3 is 2.80 bits per heavy atom. The average molecular weight is 145 g/mol. The maximum Gasteiger partial charge on any atom is 0.103 e. The number of hydrogen-bond acceptors (Lipinski definition) is 3. The van der Waals surface area contributed by atoms with Crippen molar-refractivity contribution in [2.45, 2.75) is 18.4 Å². The van der Waals surface area contributed by atoms with Crippen LogP contribution in [0.3, 0.4) is 0 Å². The second-order valence-electron chi connectivity index (χ2n) is 2.75. The van der Waals surface area contributed by atoms with Gasteiger partial charge in [-0.1, -0.05) is 0 Å². The average Bonchev–Trinajstić information content (AvgIpc) is 2.06. The van der Waals surface area contributed by atoms with Crippen LogP contribution in [0.15, 0.2) is 0 Å². The van der Waals surface area contributed by atoms with Gasteiger partial charge in [-0.05, 0) is 12.8 Å². The predicted octanol–water partition coefficient (Wildman–Crippen LogP) is 0.141. The maximum atomic E-state index is 5.54. The summed E-state index contributed by atoms with van der Waals surface area (Å²) in [5.41, 5.74) is 5.36. The zero-order valence-electron chi connectivity index (χ0n) is 6.43. The molecule has 0 radical (unpaired) electrons. The zero-order valence-corrected chi connectivity index (χ0v) is 6.43. The van der Waals surface area contributed by atoms with Crippen LogP contribution in [0, 0.1) is 0 Å². The first-order valence-electron chi connectivity index (χ1n) is 3.66. The fourth-order valence-electron chi connectivity index (χ4n) is 1.23. The highest BCUT2D eigenvalue weighted by molar-refractivity contribution is 4.83. The van der Waals surface area contributed by atoms with Gasteiger partial charge in [-0.3, -0.25) is 0 Å². The molecule has 10 heavy (non-hydrogen) atoms. The minimum Gasteiger partial charge on any atom is -0.378 e. The Kier molecular flexibility index (Phi) is 2.65. The molecule has 0 bridgehead atoms. The number of hydrogen-bond donors (Lipinski definition) is 1. The molecular formula is C7H15NO2. The highest BCUT2D eigenvalue weighted by atomic mass is 16.5. The molecule has 3 nitrogen and oxygen atoms in total. The van der Waals surface area contributed by atoms with Gasteiger partial charge in [0.25, 0.3) is 0 Å². The van der Waals surface area contributed by atoms with Crippen LogP contribution in [0.25, 0.3) is 0 Å². The Balaban J connectivity index is 2.44. The van der Waals surface area contributed by atoms with Crippen LogP contribution in [0.1, 0.15) is 12.8 Å². The highest BCUT2D eigenvalue weighted by Crippen LogP contribution is 2.20. The molecule has 0 aromatic carbocycles. The van der Waals surface area contributed by atoms with E-state index in [1.165, 1.54) is 0 Å². The molecule has 0 saturated carbocycles. The molecule has 1 fully saturated rings. The fourth-order valence-corrected chi connectivity index (χ4v) is 1.23. The molecule has 1 rings (SSSR count). The van der Waals surface area contributed by atoms with Gasteiger partial charge in [-0.15, -0.1) is 0 Å². The number of methoxy groups -OCH3 is 1. The lowest BCUT2D eigenvalue weighted by Gasteiger charge is -2.34. The van der Waals surface area contributed by atoms with Gasteiger partial charge >= 0.3 is 0 Å². The Labute approximate surface area is 61.5 Å². The molecule has 3 heteroatoms. The van der Waals surface area contributed by atoms with Crippen LogP contribution < -0.4 is 5.73 Å². The second kappa shape index (κ2) is 3.32.